The summed E-state index contributed by atoms with van der Waals surface area (Å²) in [6.45, 7) is 12.7. The van der Waals surface area contributed by atoms with E-state index in [-0.39, 0.29) is 0 Å². The zero-order valence-electron chi connectivity index (χ0n) is 16.1. The number of hydrogen-bond acceptors (Lipinski definition) is 3. The van der Waals surface area contributed by atoms with Crippen LogP contribution in [-0.4, -0.2) is 30.8 Å². The zero-order chi connectivity index (χ0) is 18.2. The second-order valence-corrected chi connectivity index (χ2v) is 6.49. The Labute approximate surface area is 150 Å². The van der Waals surface area contributed by atoms with Gasteiger partial charge in [0.25, 0.3) is 0 Å². The topological polar surface area (TPSA) is 62.5 Å². The lowest BCUT2D eigenvalue weighted by Crippen LogP contribution is -2.38. The van der Waals surface area contributed by atoms with Crippen LogP contribution < -0.4 is 10.6 Å². The summed E-state index contributed by atoms with van der Waals surface area (Å²) >= 11 is 0. The molecule has 0 saturated heterocycles. The molecule has 2 rings (SSSR count). The summed E-state index contributed by atoms with van der Waals surface area (Å²) in [6.07, 6.45) is 1.83. The summed E-state index contributed by atoms with van der Waals surface area (Å²) in [7, 11) is 0. The summed E-state index contributed by atoms with van der Waals surface area (Å²) in [4.78, 5) is 4.66. The van der Waals surface area contributed by atoms with Crippen LogP contribution in [0, 0.1) is 27.7 Å². The molecule has 0 bridgehead atoms. The van der Waals surface area contributed by atoms with Crippen LogP contribution in [0.3, 0.4) is 0 Å². The van der Waals surface area contributed by atoms with Gasteiger partial charge in [-0.15, -0.1) is 0 Å². The molecule has 2 N–H and O–H groups in total. The lowest BCUT2D eigenvalue weighted by molar-refractivity contribution is 0.392. The van der Waals surface area contributed by atoms with Gasteiger partial charge in [0.2, 0.25) is 0 Å². The van der Waals surface area contributed by atoms with E-state index in [1.807, 2.05) is 13.8 Å². The minimum absolute atomic E-state index is 0.710. The third kappa shape index (κ3) is 5.93. The second kappa shape index (κ2) is 9.25. The maximum atomic E-state index is 5.20. The number of benzene rings is 1. The Morgan fingerprint density at radius 3 is 2.36 bits per heavy atom. The van der Waals surface area contributed by atoms with Gasteiger partial charge < -0.3 is 15.2 Å². The van der Waals surface area contributed by atoms with E-state index in [4.69, 9.17) is 4.52 Å². The van der Waals surface area contributed by atoms with E-state index in [9.17, 15) is 0 Å². The Hall–Kier alpha value is -2.30. The number of nitrogens with zero attached hydrogens (tertiary/aromatic N) is 2. The molecule has 0 aliphatic rings. The molecule has 5 heteroatoms. The highest BCUT2D eigenvalue weighted by Gasteiger charge is 2.08. The van der Waals surface area contributed by atoms with Crippen LogP contribution in [0.2, 0.25) is 0 Å². The molecule has 0 aliphatic heterocycles. The van der Waals surface area contributed by atoms with E-state index in [1.54, 1.807) is 0 Å². The van der Waals surface area contributed by atoms with E-state index < -0.39 is 0 Å². The van der Waals surface area contributed by atoms with Gasteiger partial charge >= 0.3 is 0 Å². The van der Waals surface area contributed by atoms with Crippen molar-refractivity contribution in [1.82, 2.24) is 15.8 Å². The van der Waals surface area contributed by atoms with Crippen molar-refractivity contribution in [3.05, 3.63) is 51.9 Å². The lowest BCUT2D eigenvalue weighted by atomic mass is 10.1. The van der Waals surface area contributed by atoms with Crippen molar-refractivity contribution >= 4 is 5.96 Å². The van der Waals surface area contributed by atoms with Gasteiger partial charge in [0.05, 0.1) is 5.69 Å². The Kier molecular flexibility index (Phi) is 7.04. The Morgan fingerprint density at radius 1 is 1.04 bits per heavy atom. The first-order valence-corrected chi connectivity index (χ1v) is 9.00. The van der Waals surface area contributed by atoms with Crippen LogP contribution in [0.4, 0.5) is 0 Å². The highest BCUT2D eigenvalue weighted by molar-refractivity contribution is 5.79. The van der Waals surface area contributed by atoms with E-state index >= 15 is 0 Å². The van der Waals surface area contributed by atoms with Crippen molar-refractivity contribution in [3.8, 4) is 0 Å². The first-order valence-electron chi connectivity index (χ1n) is 9.00. The normalized spacial score (nSPS) is 11.6. The summed E-state index contributed by atoms with van der Waals surface area (Å²) < 4.78 is 5.20. The number of aromatic nitrogens is 1. The average Bonchev–Trinajstić information content (AvgIpc) is 2.86. The molecular weight excluding hydrogens is 312 g/mol. The van der Waals surface area contributed by atoms with Crippen molar-refractivity contribution in [2.75, 3.05) is 19.6 Å². The Bertz CT molecular complexity index is 679. The summed E-state index contributed by atoms with van der Waals surface area (Å²) in [6, 6.07) is 6.70. The molecule has 0 spiro atoms. The number of aryl methyl sites for hydroxylation is 4. The molecule has 136 valence electrons. The molecular formula is C20H30N4O. The molecule has 0 radical (unpaired) electrons. The number of rotatable bonds is 7. The van der Waals surface area contributed by atoms with E-state index in [0.29, 0.717) is 6.54 Å². The van der Waals surface area contributed by atoms with Gasteiger partial charge in [-0.3, -0.25) is 4.99 Å². The van der Waals surface area contributed by atoms with Crippen LogP contribution in [-0.2, 0) is 12.8 Å². The predicted octanol–water partition coefficient (Wildman–Crippen LogP) is 3.25. The molecule has 0 saturated carbocycles. The van der Waals surface area contributed by atoms with Crippen molar-refractivity contribution in [3.63, 3.8) is 0 Å². The standard InChI is InChI=1S/C20H30N4O/c1-6-21-20(23-10-8-19-16(4)24-25-17(19)5)22-9-7-18-12-14(2)11-15(3)13-18/h11-13H,6-10H2,1-5H3,(H2,21,22,23). The van der Waals surface area contributed by atoms with Crippen LogP contribution in [0.15, 0.2) is 27.7 Å². The summed E-state index contributed by atoms with van der Waals surface area (Å²) in [5, 5.41) is 10.7. The highest BCUT2D eigenvalue weighted by Crippen LogP contribution is 2.12. The summed E-state index contributed by atoms with van der Waals surface area (Å²) in [5.41, 5.74) is 6.11. The molecule has 2 aromatic rings. The van der Waals surface area contributed by atoms with Crippen molar-refractivity contribution < 1.29 is 4.52 Å². The van der Waals surface area contributed by atoms with E-state index in [0.717, 1.165) is 48.9 Å². The summed E-state index contributed by atoms with van der Waals surface area (Å²) in [5.74, 6) is 1.75. The Balaban J connectivity index is 1.87. The lowest BCUT2D eigenvalue weighted by Gasteiger charge is -2.12. The number of nitrogens with one attached hydrogen (secondary N) is 2. The molecule has 1 aromatic carbocycles. The van der Waals surface area contributed by atoms with E-state index in [2.05, 4.69) is 59.8 Å². The average molecular weight is 342 g/mol. The zero-order valence-corrected chi connectivity index (χ0v) is 16.1. The fraction of sp³-hybridized carbons (Fsp3) is 0.500. The van der Waals surface area contributed by atoms with Gasteiger partial charge in [-0.1, -0.05) is 34.5 Å². The van der Waals surface area contributed by atoms with E-state index in [1.165, 1.54) is 16.7 Å². The van der Waals surface area contributed by atoms with Gasteiger partial charge in [0, 0.05) is 25.2 Å². The van der Waals surface area contributed by atoms with Crippen LogP contribution in [0.1, 0.15) is 40.6 Å². The molecule has 0 aliphatic carbocycles. The Morgan fingerprint density at radius 2 is 1.76 bits per heavy atom. The molecule has 0 fully saturated rings. The van der Waals surface area contributed by atoms with Crippen molar-refractivity contribution in [1.29, 1.82) is 0 Å². The molecule has 0 amide bonds. The van der Waals surface area contributed by atoms with Crippen molar-refractivity contribution in [2.45, 2.75) is 47.5 Å². The molecule has 0 unspecified atom stereocenters. The maximum absolute atomic E-state index is 5.20. The quantitative estimate of drug-likeness (QED) is 0.599. The van der Waals surface area contributed by atoms with Gasteiger partial charge in [-0.05, 0) is 53.0 Å². The highest BCUT2D eigenvalue weighted by atomic mass is 16.5. The van der Waals surface area contributed by atoms with Gasteiger partial charge in [-0.25, -0.2) is 0 Å². The number of hydrogen-bond donors (Lipinski definition) is 2. The predicted molar refractivity (Wildman–Crippen MR) is 103 cm³/mol. The van der Waals surface area contributed by atoms with Crippen LogP contribution in [0.25, 0.3) is 0 Å². The molecule has 5 nitrogen and oxygen atoms in total. The third-order valence-corrected chi connectivity index (χ3v) is 4.14. The third-order valence-electron chi connectivity index (χ3n) is 4.14. The fourth-order valence-electron chi connectivity index (χ4n) is 3.02. The molecule has 1 heterocycles. The van der Waals surface area contributed by atoms with Crippen molar-refractivity contribution in [2.24, 2.45) is 4.99 Å². The smallest absolute Gasteiger partial charge is 0.191 e. The monoisotopic (exact) mass is 342 g/mol. The minimum atomic E-state index is 0.710. The maximum Gasteiger partial charge on any atom is 0.191 e. The van der Waals surface area contributed by atoms with Gasteiger partial charge in [-0.2, -0.15) is 0 Å². The first kappa shape index (κ1) is 19.0. The molecule has 0 atom stereocenters. The number of aliphatic imine (C=N–C) groups is 1. The van der Waals surface area contributed by atoms with Gasteiger partial charge in [0.15, 0.2) is 5.96 Å². The second-order valence-electron chi connectivity index (χ2n) is 6.49. The minimum Gasteiger partial charge on any atom is -0.361 e. The molecule has 25 heavy (non-hydrogen) atoms. The van der Waals surface area contributed by atoms with Gasteiger partial charge in [0.1, 0.15) is 5.76 Å². The van der Waals surface area contributed by atoms with Crippen LogP contribution in [0.5, 0.6) is 0 Å². The number of guanidine groups is 1. The fourth-order valence-corrected chi connectivity index (χ4v) is 3.02. The first-order chi connectivity index (χ1) is 12.0. The molecule has 1 aromatic heterocycles. The SMILES string of the molecule is CCNC(=NCCc1c(C)noc1C)NCCc1cc(C)cc(C)c1. The van der Waals surface area contributed by atoms with Crippen LogP contribution >= 0.6 is 0 Å². The largest absolute Gasteiger partial charge is 0.361 e.